The Bertz CT molecular complexity index is 596. The molecule has 2 aliphatic heterocycles. The van der Waals surface area contributed by atoms with Crippen molar-refractivity contribution in [1.29, 1.82) is 0 Å². The van der Waals surface area contributed by atoms with Crippen molar-refractivity contribution in [3.8, 4) is 0 Å². The highest BCUT2D eigenvalue weighted by molar-refractivity contribution is 7.91. The Morgan fingerprint density at radius 1 is 1.37 bits per heavy atom. The van der Waals surface area contributed by atoms with Crippen LogP contribution in [-0.4, -0.2) is 49.1 Å². The molecule has 0 amide bonds. The number of nitrogens with zero attached hydrogens (tertiary/aromatic N) is 1. The summed E-state index contributed by atoms with van der Waals surface area (Å²) < 4.78 is 32.0. The second-order valence-electron chi connectivity index (χ2n) is 4.74. The van der Waals surface area contributed by atoms with E-state index in [1.165, 1.54) is 15.8 Å². The highest BCUT2D eigenvalue weighted by Crippen LogP contribution is 2.31. The van der Waals surface area contributed by atoms with Gasteiger partial charge in [0, 0.05) is 18.5 Å². The van der Waals surface area contributed by atoms with Crippen LogP contribution in [0.15, 0.2) is 15.7 Å². The topological polar surface area (TPSA) is 83.9 Å². The lowest BCUT2D eigenvalue weighted by atomic mass is 10.2. The maximum atomic E-state index is 12.4. The van der Waals surface area contributed by atoms with Crippen LogP contribution in [0, 0.1) is 0 Å². The SMILES string of the molecule is O=C(O)c1csc(S(=O)(=O)N2CC3CCC(C2)O3)c1. The van der Waals surface area contributed by atoms with Crippen molar-refractivity contribution in [2.75, 3.05) is 13.1 Å². The molecule has 8 heteroatoms. The summed E-state index contributed by atoms with van der Waals surface area (Å²) in [5, 5.41) is 10.2. The van der Waals surface area contributed by atoms with Crippen LogP contribution in [0.4, 0.5) is 0 Å². The van der Waals surface area contributed by atoms with Gasteiger partial charge in [-0.15, -0.1) is 11.3 Å². The molecule has 2 fully saturated rings. The number of aromatic carboxylic acids is 1. The molecule has 2 unspecified atom stereocenters. The number of hydrogen-bond acceptors (Lipinski definition) is 5. The van der Waals surface area contributed by atoms with Gasteiger partial charge < -0.3 is 9.84 Å². The van der Waals surface area contributed by atoms with Crippen LogP contribution < -0.4 is 0 Å². The minimum atomic E-state index is -3.59. The zero-order chi connectivity index (χ0) is 13.6. The Balaban J connectivity index is 1.87. The van der Waals surface area contributed by atoms with Crippen LogP contribution in [0.5, 0.6) is 0 Å². The van der Waals surface area contributed by atoms with E-state index < -0.39 is 16.0 Å². The van der Waals surface area contributed by atoms with Gasteiger partial charge in [0.25, 0.3) is 10.0 Å². The van der Waals surface area contributed by atoms with Crippen LogP contribution in [0.1, 0.15) is 23.2 Å². The molecule has 3 rings (SSSR count). The van der Waals surface area contributed by atoms with Crippen molar-refractivity contribution in [2.45, 2.75) is 29.3 Å². The van der Waals surface area contributed by atoms with Gasteiger partial charge in [0.05, 0.1) is 17.8 Å². The average Bonchev–Trinajstić information content (AvgIpc) is 2.96. The van der Waals surface area contributed by atoms with Crippen molar-refractivity contribution < 1.29 is 23.1 Å². The first-order valence-corrected chi connectivity index (χ1v) is 8.26. The van der Waals surface area contributed by atoms with Crippen molar-refractivity contribution in [3.63, 3.8) is 0 Å². The predicted octanol–water partition coefficient (Wildman–Crippen LogP) is 0.998. The summed E-state index contributed by atoms with van der Waals surface area (Å²) in [6.45, 7) is 0.721. The number of morpholine rings is 1. The smallest absolute Gasteiger partial charge is 0.336 e. The van der Waals surface area contributed by atoms with Gasteiger partial charge in [-0.1, -0.05) is 0 Å². The zero-order valence-electron chi connectivity index (χ0n) is 9.98. The average molecular weight is 303 g/mol. The fourth-order valence-electron chi connectivity index (χ4n) is 2.46. The van der Waals surface area contributed by atoms with Gasteiger partial charge in [0.1, 0.15) is 4.21 Å². The number of carboxylic acids is 1. The third kappa shape index (κ3) is 2.29. The third-order valence-electron chi connectivity index (χ3n) is 3.43. The highest BCUT2D eigenvalue weighted by Gasteiger charge is 2.39. The summed E-state index contributed by atoms with van der Waals surface area (Å²) in [6, 6.07) is 1.22. The molecule has 0 aromatic carbocycles. The van der Waals surface area contributed by atoms with Gasteiger partial charge in [-0.3, -0.25) is 0 Å². The highest BCUT2D eigenvalue weighted by atomic mass is 32.2. The monoisotopic (exact) mass is 303 g/mol. The number of ether oxygens (including phenoxy) is 1. The molecule has 1 N–H and O–H groups in total. The summed E-state index contributed by atoms with van der Waals surface area (Å²) in [5.74, 6) is -1.11. The molecule has 104 valence electrons. The second-order valence-corrected chi connectivity index (χ2v) is 7.82. The fraction of sp³-hybridized carbons (Fsp3) is 0.545. The van der Waals surface area contributed by atoms with Gasteiger partial charge in [-0.25, -0.2) is 13.2 Å². The molecule has 1 aromatic heterocycles. The molecule has 0 aliphatic carbocycles. The summed E-state index contributed by atoms with van der Waals surface area (Å²) in [7, 11) is -3.59. The molecule has 6 nitrogen and oxygen atoms in total. The lowest BCUT2D eigenvalue weighted by Gasteiger charge is -2.30. The predicted molar refractivity (Wildman–Crippen MR) is 67.9 cm³/mol. The first kappa shape index (κ1) is 13.0. The fourth-order valence-corrected chi connectivity index (χ4v) is 5.27. The second kappa shape index (κ2) is 4.55. The van der Waals surface area contributed by atoms with E-state index in [0.717, 1.165) is 24.2 Å². The van der Waals surface area contributed by atoms with E-state index in [2.05, 4.69) is 0 Å². The Morgan fingerprint density at radius 3 is 2.53 bits per heavy atom. The van der Waals surface area contributed by atoms with Crippen molar-refractivity contribution in [3.05, 3.63) is 17.0 Å². The molecule has 0 saturated carbocycles. The van der Waals surface area contributed by atoms with Crippen molar-refractivity contribution in [1.82, 2.24) is 4.31 Å². The molecule has 0 spiro atoms. The van der Waals surface area contributed by atoms with Crippen LogP contribution in [-0.2, 0) is 14.8 Å². The number of fused-ring (bicyclic) bond motifs is 2. The van der Waals surface area contributed by atoms with E-state index in [4.69, 9.17) is 9.84 Å². The van der Waals surface area contributed by atoms with Crippen LogP contribution >= 0.6 is 11.3 Å². The standard InChI is InChI=1S/C11H13NO5S2/c13-11(14)7-3-10(18-6-7)19(15,16)12-4-8-1-2-9(5-12)17-8/h3,6,8-9H,1-2,4-5H2,(H,13,14). The minimum Gasteiger partial charge on any atom is -0.478 e. The van der Waals surface area contributed by atoms with E-state index in [1.54, 1.807) is 0 Å². The number of rotatable bonds is 3. The molecule has 0 radical (unpaired) electrons. The Morgan fingerprint density at radius 2 is 2.00 bits per heavy atom. The molecule has 2 aliphatic rings. The third-order valence-corrected chi connectivity index (χ3v) is 6.67. The first-order valence-electron chi connectivity index (χ1n) is 5.94. The molecular formula is C11H13NO5S2. The molecule has 19 heavy (non-hydrogen) atoms. The minimum absolute atomic E-state index is 0.0137. The van der Waals surface area contributed by atoms with Crippen molar-refractivity contribution in [2.24, 2.45) is 0 Å². The van der Waals surface area contributed by atoms with Crippen molar-refractivity contribution >= 4 is 27.3 Å². The van der Waals surface area contributed by atoms with Gasteiger partial charge in [-0.05, 0) is 18.9 Å². The van der Waals surface area contributed by atoms with Gasteiger partial charge in [0.2, 0.25) is 0 Å². The molecular weight excluding hydrogens is 290 g/mol. The Hall–Kier alpha value is -0.960. The number of carbonyl (C=O) groups is 1. The molecule has 3 heterocycles. The summed E-state index contributed by atoms with van der Waals surface area (Å²) in [4.78, 5) is 10.8. The molecule has 1 aromatic rings. The first-order chi connectivity index (χ1) is 8.96. The van der Waals surface area contributed by atoms with Crippen LogP contribution in [0.2, 0.25) is 0 Å². The largest absolute Gasteiger partial charge is 0.478 e. The van der Waals surface area contributed by atoms with Gasteiger partial charge >= 0.3 is 5.97 Å². The van der Waals surface area contributed by atoms with Gasteiger partial charge in [-0.2, -0.15) is 4.31 Å². The zero-order valence-corrected chi connectivity index (χ0v) is 11.6. The summed E-state index contributed by atoms with van der Waals surface area (Å²) >= 11 is 0.950. The maximum Gasteiger partial charge on any atom is 0.336 e. The lowest BCUT2D eigenvalue weighted by Crippen LogP contribution is -2.45. The number of thiophene rings is 1. The van der Waals surface area contributed by atoms with Crippen LogP contribution in [0.3, 0.4) is 0 Å². The summed E-state index contributed by atoms with van der Waals surface area (Å²) in [6.07, 6.45) is 1.74. The Kier molecular flexibility index (Phi) is 3.12. The maximum absolute atomic E-state index is 12.4. The van der Waals surface area contributed by atoms with E-state index in [0.29, 0.717) is 13.1 Å². The molecule has 2 saturated heterocycles. The van der Waals surface area contributed by atoms with E-state index in [1.807, 2.05) is 0 Å². The lowest BCUT2D eigenvalue weighted by molar-refractivity contribution is -0.0114. The number of sulfonamides is 1. The number of hydrogen-bond donors (Lipinski definition) is 1. The van der Waals surface area contributed by atoms with E-state index in [9.17, 15) is 13.2 Å². The van der Waals surface area contributed by atoms with E-state index in [-0.39, 0.29) is 22.0 Å². The normalized spacial score (nSPS) is 27.6. The van der Waals surface area contributed by atoms with Gasteiger partial charge in [0.15, 0.2) is 0 Å². The quantitative estimate of drug-likeness (QED) is 0.900. The van der Waals surface area contributed by atoms with Crippen LogP contribution in [0.25, 0.3) is 0 Å². The molecule has 2 bridgehead atoms. The molecule has 2 atom stereocenters. The Labute approximate surface area is 114 Å². The summed E-state index contributed by atoms with van der Waals surface area (Å²) in [5.41, 5.74) is 0.0137. The number of carboxylic acid groups (broad SMARTS) is 1. The van der Waals surface area contributed by atoms with E-state index >= 15 is 0 Å².